The molecule has 3 aliphatic rings. The lowest BCUT2D eigenvalue weighted by molar-refractivity contribution is 0.291. The Morgan fingerprint density at radius 2 is 1.33 bits per heavy atom. The molecule has 0 radical (unpaired) electrons. The Labute approximate surface area is 267 Å². The molecule has 1 aromatic heterocycles. The Balaban J connectivity index is 1.19. The molecule has 0 fully saturated rings. The van der Waals surface area contributed by atoms with Gasteiger partial charge < -0.3 is 14.0 Å². The number of allylic oxidation sites excluding steroid dienone is 2. The van der Waals surface area contributed by atoms with E-state index in [4.69, 9.17) is 9.47 Å². The lowest BCUT2D eigenvalue weighted by atomic mass is 9.81. The highest BCUT2D eigenvalue weighted by atomic mass is 16.6. The molecule has 3 nitrogen and oxygen atoms in total. The summed E-state index contributed by atoms with van der Waals surface area (Å²) in [5, 5.41) is 4.64. The molecule has 0 unspecified atom stereocenters. The van der Waals surface area contributed by atoms with Gasteiger partial charge in [0.05, 0.1) is 16.4 Å². The topological polar surface area (TPSA) is 23.4 Å². The maximum Gasteiger partial charge on any atom is 0.180 e. The highest BCUT2D eigenvalue weighted by Gasteiger charge is 2.35. The molecule has 0 atom stereocenters. The van der Waals surface area contributed by atoms with Crippen molar-refractivity contribution in [1.29, 1.82) is 0 Å². The lowest BCUT2D eigenvalue weighted by Crippen LogP contribution is -2.14. The Morgan fingerprint density at radius 3 is 2.20 bits per heavy atom. The second-order valence-corrected chi connectivity index (χ2v) is 13.2. The molecular formula is C43H31NO2. The summed E-state index contributed by atoms with van der Waals surface area (Å²) in [4.78, 5) is 0. The molecule has 7 aromatic rings. The third-order valence-corrected chi connectivity index (χ3v) is 10.2. The fourth-order valence-corrected chi connectivity index (χ4v) is 7.95. The van der Waals surface area contributed by atoms with Crippen molar-refractivity contribution in [1.82, 2.24) is 4.57 Å². The number of hydrogen-bond donors (Lipinski definition) is 0. The molecule has 220 valence electrons. The SMILES string of the molecule is CC1(C)c2ccccc2-c2ccc(-c3cccc(-n4c5cc6ccccc6cc5c5c6c(ccc54)OC4=CCCC=C4O6)c3)cc21. The normalized spacial score (nSPS) is 15.8. The number of fused-ring (bicyclic) bond motifs is 10. The van der Waals surface area contributed by atoms with Gasteiger partial charge in [0.25, 0.3) is 0 Å². The molecule has 10 rings (SSSR count). The summed E-state index contributed by atoms with van der Waals surface area (Å²) in [7, 11) is 0. The minimum Gasteiger partial charge on any atom is -0.450 e. The molecular weight excluding hydrogens is 562 g/mol. The van der Waals surface area contributed by atoms with E-state index in [0.717, 1.165) is 63.4 Å². The van der Waals surface area contributed by atoms with Crippen LogP contribution in [0.5, 0.6) is 11.5 Å². The lowest BCUT2D eigenvalue weighted by Gasteiger charge is -2.25. The first-order chi connectivity index (χ1) is 22.5. The van der Waals surface area contributed by atoms with E-state index in [-0.39, 0.29) is 5.41 Å². The fourth-order valence-electron chi connectivity index (χ4n) is 7.95. The Kier molecular flexibility index (Phi) is 5.18. The van der Waals surface area contributed by atoms with Gasteiger partial charge in [-0.05, 0) is 112 Å². The van der Waals surface area contributed by atoms with E-state index in [1.54, 1.807) is 0 Å². The van der Waals surface area contributed by atoms with Crippen LogP contribution in [-0.2, 0) is 5.41 Å². The average Bonchev–Trinajstić information content (AvgIpc) is 3.54. The summed E-state index contributed by atoms with van der Waals surface area (Å²) in [5.41, 5.74) is 11.2. The maximum absolute atomic E-state index is 6.65. The third-order valence-electron chi connectivity index (χ3n) is 10.2. The second-order valence-electron chi connectivity index (χ2n) is 13.2. The summed E-state index contributed by atoms with van der Waals surface area (Å²) < 4.78 is 15.4. The minimum absolute atomic E-state index is 0.0442. The molecule has 0 saturated carbocycles. The average molecular weight is 594 g/mol. The summed E-state index contributed by atoms with van der Waals surface area (Å²) >= 11 is 0. The predicted octanol–water partition coefficient (Wildman–Crippen LogP) is 11.2. The van der Waals surface area contributed by atoms with E-state index < -0.39 is 0 Å². The van der Waals surface area contributed by atoms with Crippen molar-refractivity contribution in [2.24, 2.45) is 0 Å². The van der Waals surface area contributed by atoms with E-state index in [2.05, 4.69) is 146 Å². The first kappa shape index (κ1) is 25.8. The van der Waals surface area contributed by atoms with Gasteiger partial charge in [0, 0.05) is 16.5 Å². The van der Waals surface area contributed by atoms with Crippen molar-refractivity contribution < 1.29 is 9.47 Å². The zero-order chi connectivity index (χ0) is 30.6. The number of rotatable bonds is 2. The minimum atomic E-state index is -0.0442. The molecule has 0 N–H and O–H groups in total. The summed E-state index contributed by atoms with van der Waals surface area (Å²) in [6, 6.07) is 42.2. The Bertz CT molecular complexity index is 2510. The molecule has 0 saturated heterocycles. The number of aromatic nitrogens is 1. The van der Waals surface area contributed by atoms with Gasteiger partial charge in [0.2, 0.25) is 0 Å². The van der Waals surface area contributed by atoms with Crippen LogP contribution in [0.25, 0.3) is 60.5 Å². The Morgan fingerprint density at radius 1 is 0.587 bits per heavy atom. The molecule has 3 heteroatoms. The van der Waals surface area contributed by atoms with Gasteiger partial charge >= 0.3 is 0 Å². The van der Waals surface area contributed by atoms with Gasteiger partial charge in [0.15, 0.2) is 23.0 Å². The quantitative estimate of drug-likeness (QED) is 0.199. The van der Waals surface area contributed by atoms with E-state index in [9.17, 15) is 0 Å². The first-order valence-electron chi connectivity index (χ1n) is 16.2. The van der Waals surface area contributed by atoms with Crippen LogP contribution in [0.2, 0.25) is 0 Å². The number of nitrogens with zero attached hydrogens (tertiary/aromatic N) is 1. The van der Waals surface area contributed by atoms with Crippen LogP contribution in [0.3, 0.4) is 0 Å². The van der Waals surface area contributed by atoms with Crippen molar-refractivity contribution in [2.45, 2.75) is 32.1 Å². The van der Waals surface area contributed by atoms with Gasteiger partial charge in [-0.1, -0.05) is 86.6 Å². The molecule has 46 heavy (non-hydrogen) atoms. The van der Waals surface area contributed by atoms with Crippen molar-refractivity contribution in [3.63, 3.8) is 0 Å². The molecule has 6 aromatic carbocycles. The summed E-state index contributed by atoms with van der Waals surface area (Å²) in [6.45, 7) is 4.68. The molecule has 2 aliphatic carbocycles. The van der Waals surface area contributed by atoms with E-state index in [1.807, 2.05) is 0 Å². The van der Waals surface area contributed by atoms with E-state index in [0.29, 0.717) is 0 Å². The third kappa shape index (κ3) is 3.54. The van der Waals surface area contributed by atoms with Gasteiger partial charge in [0.1, 0.15) is 0 Å². The second kappa shape index (κ2) is 9.24. The number of hydrogen-bond acceptors (Lipinski definition) is 2. The Hall–Kier alpha value is -5.54. The smallest absolute Gasteiger partial charge is 0.180 e. The number of benzene rings is 6. The molecule has 2 heterocycles. The van der Waals surface area contributed by atoms with Crippen molar-refractivity contribution in [2.75, 3.05) is 0 Å². The van der Waals surface area contributed by atoms with Gasteiger partial charge in [-0.2, -0.15) is 0 Å². The van der Waals surface area contributed by atoms with Crippen LogP contribution in [-0.4, -0.2) is 4.57 Å². The van der Waals surface area contributed by atoms with Crippen molar-refractivity contribution in [3.05, 3.63) is 150 Å². The van der Waals surface area contributed by atoms with Crippen molar-refractivity contribution >= 4 is 32.6 Å². The zero-order valence-corrected chi connectivity index (χ0v) is 25.8. The predicted molar refractivity (Wildman–Crippen MR) is 188 cm³/mol. The zero-order valence-electron chi connectivity index (χ0n) is 25.8. The van der Waals surface area contributed by atoms with Crippen LogP contribution in [0.4, 0.5) is 0 Å². The van der Waals surface area contributed by atoms with Crippen molar-refractivity contribution in [3.8, 4) is 39.4 Å². The van der Waals surface area contributed by atoms with E-state index in [1.165, 1.54) is 44.2 Å². The molecule has 0 bridgehead atoms. The van der Waals surface area contributed by atoms with E-state index >= 15 is 0 Å². The van der Waals surface area contributed by atoms with Crippen LogP contribution < -0.4 is 9.47 Å². The maximum atomic E-state index is 6.65. The first-order valence-corrected chi connectivity index (χ1v) is 16.2. The highest BCUT2D eigenvalue weighted by Crippen LogP contribution is 2.51. The molecule has 1 aliphatic heterocycles. The van der Waals surface area contributed by atoms with Gasteiger partial charge in [-0.3, -0.25) is 0 Å². The standard InChI is InChI=1S/C43H31NO2/c1-43(2)34-15-6-5-14-31(34)32-19-18-29(24-35(32)43)26-12-9-13-30(22-26)44-36-20-21-40-42(46-39-17-8-7-16-38(39)45-40)41(36)33-23-27-10-3-4-11-28(27)25-37(33)44/h3-6,9-25H,7-8H2,1-2H3. The van der Waals surface area contributed by atoms with Crippen LogP contribution >= 0.6 is 0 Å². The largest absolute Gasteiger partial charge is 0.450 e. The van der Waals surface area contributed by atoms with Gasteiger partial charge in [-0.15, -0.1) is 0 Å². The molecule has 0 spiro atoms. The summed E-state index contributed by atoms with van der Waals surface area (Å²) in [6.07, 6.45) is 6.20. The van der Waals surface area contributed by atoms with Crippen LogP contribution in [0.1, 0.15) is 37.8 Å². The summed E-state index contributed by atoms with van der Waals surface area (Å²) in [5.74, 6) is 3.19. The van der Waals surface area contributed by atoms with Crippen LogP contribution in [0.15, 0.2) is 139 Å². The molecule has 0 amide bonds. The highest BCUT2D eigenvalue weighted by molar-refractivity contribution is 6.16. The monoisotopic (exact) mass is 593 g/mol. The van der Waals surface area contributed by atoms with Crippen LogP contribution in [0, 0.1) is 0 Å². The number of ether oxygens (including phenoxy) is 2. The van der Waals surface area contributed by atoms with Gasteiger partial charge in [-0.25, -0.2) is 0 Å². The fraction of sp³-hybridized carbons (Fsp3) is 0.116.